The highest BCUT2D eigenvalue weighted by atomic mass is 35.5. The first-order valence-electron chi connectivity index (χ1n) is 4.56. The zero-order valence-corrected chi connectivity index (χ0v) is 11.0. The molecule has 0 saturated heterocycles. The number of thioether (sulfide) groups is 2. The van der Waals surface area contributed by atoms with Crippen LogP contribution in [0, 0.1) is 0 Å². The van der Waals surface area contributed by atoms with Crippen LogP contribution >= 0.6 is 35.1 Å². The number of hydrogen-bond donors (Lipinski definition) is 0. The van der Waals surface area contributed by atoms with E-state index in [0.717, 1.165) is 17.1 Å². The Morgan fingerprint density at radius 2 is 2.27 bits per heavy atom. The number of pyridine rings is 1. The molecule has 0 N–H and O–H groups in total. The van der Waals surface area contributed by atoms with E-state index in [2.05, 4.69) is 4.98 Å². The molecule has 0 aliphatic heterocycles. The summed E-state index contributed by atoms with van der Waals surface area (Å²) in [6.07, 6.45) is 2.90. The van der Waals surface area contributed by atoms with E-state index in [1.807, 2.05) is 19.2 Å². The molecule has 2 nitrogen and oxygen atoms in total. The summed E-state index contributed by atoms with van der Waals surface area (Å²) in [6, 6.07) is 3.54. The Bertz CT molecular complexity index is 357. The second kappa shape index (κ2) is 6.40. The first kappa shape index (κ1) is 12.9. The fourth-order valence-electron chi connectivity index (χ4n) is 0.997. The molecule has 0 radical (unpaired) electrons. The maximum atomic E-state index is 11.8. The molecule has 1 rings (SSSR count). The molecule has 0 atom stereocenters. The van der Waals surface area contributed by atoms with E-state index in [-0.39, 0.29) is 5.12 Å². The SMILES string of the molecule is CCCSC(=O)c1nc(Cl)ccc1SC. The van der Waals surface area contributed by atoms with Gasteiger partial charge >= 0.3 is 0 Å². The van der Waals surface area contributed by atoms with Crippen LogP contribution in [0.3, 0.4) is 0 Å². The minimum atomic E-state index is 0.00343. The van der Waals surface area contributed by atoms with E-state index in [4.69, 9.17) is 11.6 Å². The van der Waals surface area contributed by atoms with Gasteiger partial charge in [-0.2, -0.15) is 0 Å². The third kappa shape index (κ3) is 3.70. The van der Waals surface area contributed by atoms with Crippen molar-refractivity contribution in [2.45, 2.75) is 18.2 Å². The molecule has 82 valence electrons. The van der Waals surface area contributed by atoms with Crippen LogP contribution < -0.4 is 0 Å². The fraction of sp³-hybridized carbons (Fsp3) is 0.400. The summed E-state index contributed by atoms with van der Waals surface area (Å²) in [5.41, 5.74) is 0.480. The number of carbonyl (C=O) groups is 1. The third-order valence-electron chi connectivity index (χ3n) is 1.67. The molecule has 0 bridgehead atoms. The number of hydrogen-bond acceptors (Lipinski definition) is 4. The van der Waals surface area contributed by atoms with Crippen molar-refractivity contribution in [1.29, 1.82) is 0 Å². The quantitative estimate of drug-likeness (QED) is 0.610. The standard InChI is InChI=1S/C10H12ClNOS2/c1-3-6-15-10(13)9-7(14-2)4-5-8(11)12-9/h4-5H,3,6H2,1-2H3. The molecule has 0 amide bonds. The molecule has 5 heteroatoms. The summed E-state index contributed by atoms with van der Waals surface area (Å²) in [5.74, 6) is 0.820. The van der Waals surface area contributed by atoms with Crippen molar-refractivity contribution in [2.75, 3.05) is 12.0 Å². The van der Waals surface area contributed by atoms with Crippen LogP contribution in [0.4, 0.5) is 0 Å². The number of nitrogens with zero attached hydrogens (tertiary/aromatic N) is 1. The van der Waals surface area contributed by atoms with E-state index in [1.54, 1.807) is 6.07 Å². The molecule has 0 aromatic carbocycles. The van der Waals surface area contributed by atoms with Gasteiger partial charge in [-0.15, -0.1) is 11.8 Å². The number of carbonyl (C=O) groups excluding carboxylic acids is 1. The average molecular weight is 262 g/mol. The van der Waals surface area contributed by atoms with Crippen molar-refractivity contribution in [3.8, 4) is 0 Å². The Hall–Kier alpha value is -0.190. The lowest BCUT2D eigenvalue weighted by Gasteiger charge is -2.04. The Balaban J connectivity index is 2.90. The number of halogens is 1. The summed E-state index contributed by atoms with van der Waals surface area (Å²) in [4.78, 5) is 16.7. The monoisotopic (exact) mass is 261 g/mol. The molecule has 0 aliphatic carbocycles. The maximum absolute atomic E-state index is 11.8. The first-order valence-corrected chi connectivity index (χ1v) is 7.15. The molecule has 0 fully saturated rings. The van der Waals surface area contributed by atoms with Gasteiger partial charge in [-0.05, 0) is 24.8 Å². The minimum Gasteiger partial charge on any atom is -0.280 e. The predicted molar refractivity (Wildman–Crippen MR) is 68.1 cm³/mol. The largest absolute Gasteiger partial charge is 0.280 e. The lowest BCUT2D eigenvalue weighted by atomic mass is 10.4. The Morgan fingerprint density at radius 3 is 2.87 bits per heavy atom. The van der Waals surface area contributed by atoms with Crippen molar-refractivity contribution >= 4 is 40.2 Å². The van der Waals surface area contributed by atoms with Crippen LogP contribution in [0.15, 0.2) is 17.0 Å². The molecule has 0 spiro atoms. The first-order chi connectivity index (χ1) is 7.19. The van der Waals surface area contributed by atoms with Gasteiger partial charge < -0.3 is 0 Å². The number of aromatic nitrogens is 1. The highest BCUT2D eigenvalue weighted by Gasteiger charge is 2.13. The molecule has 0 aliphatic rings. The van der Waals surface area contributed by atoms with Crippen LogP contribution in [0.5, 0.6) is 0 Å². The summed E-state index contributed by atoms with van der Waals surface area (Å²) < 4.78 is 0. The Morgan fingerprint density at radius 1 is 1.53 bits per heavy atom. The molecule has 1 aromatic heterocycles. The van der Waals surface area contributed by atoms with E-state index in [9.17, 15) is 4.79 Å². The maximum Gasteiger partial charge on any atom is 0.238 e. The van der Waals surface area contributed by atoms with E-state index in [0.29, 0.717) is 10.8 Å². The number of rotatable bonds is 4. The van der Waals surface area contributed by atoms with Crippen LogP contribution in [0.1, 0.15) is 23.8 Å². The summed E-state index contributed by atoms with van der Waals surface area (Å²) in [7, 11) is 0. The zero-order valence-electron chi connectivity index (χ0n) is 8.62. The molecule has 0 unspecified atom stereocenters. The Labute approximate surface area is 103 Å². The van der Waals surface area contributed by atoms with Gasteiger partial charge in [0.15, 0.2) is 0 Å². The lowest BCUT2D eigenvalue weighted by Crippen LogP contribution is -2.01. The Kier molecular flexibility index (Phi) is 5.50. The predicted octanol–water partition coefficient (Wildman–Crippen LogP) is 3.74. The molecule has 1 heterocycles. The normalized spacial score (nSPS) is 10.3. The van der Waals surface area contributed by atoms with Crippen LogP contribution in [0.2, 0.25) is 5.15 Å². The highest BCUT2D eigenvalue weighted by molar-refractivity contribution is 8.14. The zero-order chi connectivity index (χ0) is 11.3. The lowest BCUT2D eigenvalue weighted by molar-refractivity contribution is 0.108. The van der Waals surface area contributed by atoms with Gasteiger partial charge in [-0.25, -0.2) is 4.98 Å². The van der Waals surface area contributed by atoms with E-state index >= 15 is 0 Å². The van der Waals surface area contributed by atoms with Gasteiger partial charge in [0, 0.05) is 10.6 Å². The summed E-state index contributed by atoms with van der Waals surface area (Å²) in [5, 5.41) is 0.372. The topological polar surface area (TPSA) is 30.0 Å². The van der Waals surface area contributed by atoms with Gasteiger partial charge in [0.25, 0.3) is 0 Å². The van der Waals surface area contributed by atoms with Gasteiger partial charge in [0.1, 0.15) is 10.8 Å². The molecule has 1 aromatic rings. The van der Waals surface area contributed by atoms with Crippen molar-refractivity contribution in [3.63, 3.8) is 0 Å². The molecule has 0 saturated carbocycles. The summed E-state index contributed by atoms with van der Waals surface area (Å²) >= 11 is 8.58. The average Bonchev–Trinajstić information content (AvgIpc) is 2.25. The van der Waals surface area contributed by atoms with Crippen LogP contribution in [0.25, 0.3) is 0 Å². The second-order valence-corrected chi connectivity index (χ2v) is 5.12. The van der Waals surface area contributed by atoms with E-state index < -0.39 is 0 Å². The molecular weight excluding hydrogens is 250 g/mol. The van der Waals surface area contributed by atoms with Gasteiger partial charge in [0.05, 0.1) is 0 Å². The third-order valence-corrected chi connectivity index (χ3v) is 3.72. The smallest absolute Gasteiger partial charge is 0.238 e. The fourth-order valence-corrected chi connectivity index (χ4v) is 2.43. The van der Waals surface area contributed by atoms with Crippen molar-refractivity contribution < 1.29 is 4.79 Å². The minimum absolute atomic E-state index is 0.00343. The highest BCUT2D eigenvalue weighted by Crippen LogP contribution is 2.24. The van der Waals surface area contributed by atoms with Gasteiger partial charge in [0.2, 0.25) is 5.12 Å². The van der Waals surface area contributed by atoms with Crippen molar-refractivity contribution in [1.82, 2.24) is 4.98 Å². The van der Waals surface area contributed by atoms with Gasteiger partial charge in [-0.1, -0.05) is 30.3 Å². The second-order valence-electron chi connectivity index (χ2n) is 2.82. The van der Waals surface area contributed by atoms with Crippen LogP contribution in [-0.2, 0) is 0 Å². The molecule has 15 heavy (non-hydrogen) atoms. The van der Waals surface area contributed by atoms with Crippen molar-refractivity contribution in [3.05, 3.63) is 23.0 Å². The van der Waals surface area contributed by atoms with Crippen molar-refractivity contribution in [2.24, 2.45) is 0 Å². The van der Waals surface area contributed by atoms with Gasteiger partial charge in [-0.3, -0.25) is 4.79 Å². The van der Waals surface area contributed by atoms with Crippen LogP contribution in [-0.4, -0.2) is 22.1 Å². The summed E-state index contributed by atoms with van der Waals surface area (Å²) in [6.45, 7) is 2.04. The molecular formula is C10H12ClNOS2. The van der Waals surface area contributed by atoms with E-state index in [1.165, 1.54) is 23.5 Å².